The molecule has 0 aliphatic carbocycles. The number of rotatable bonds is 2. The van der Waals surface area contributed by atoms with Crippen LogP contribution < -0.4 is 11.2 Å². The van der Waals surface area contributed by atoms with Gasteiger partial charge in [-0.3, -0.25) is 19.5 Å². The van der Waals surface area contributed by atoms with Gasteiger partial charge in [-0.2, -0.15) is 14.2 Å². The third-order valence-corrected chi connectivity index (χ3v) is 2.52. The summed E-state index contributed by atoms with van der Waals surface area (Å²) in [6.45, 7) is 0. The summed E-state index contributed by atoms with van der Waals surface area (Å²) < 4.78 is 28.3. The van der Waals surface area contributed by atoms with Crippen LogP contribution in [-0.4, -0.2) is 19.3 Å². The number of nitrogens with zero attached hydrogens (tertiary/aromatic N) is 4. The smallest absolute Gasteiger partial charge is 0.267 e. The van der Waals surface area contributed by atoms with Gasteiger partial charge in [0.15, 0.2) is 5.82 Å². The number of hydrogen-bond acceptors (Lipinski definition) is 5. The van der Waals surface area contributed by atoms with E-state index in [0.717, 1.165) is 13.2 Å². The molecular formula is C10H6F2N4O4. The van der Waals surface area contributed by atoms with Crippen molar-refractivity contribution in [2.75, 3.05) is 0 Å². The molecule has 8 nitrogen and oxygen atoms in total. The van der Waals surface area contributed by atoms with Crippen LogP contribution in [0.25, 0.3) is 5.69 Å². The molecular weight excluding hydrogens is 278 g/mol. The van der Waals surface area contributed by atoms with Crippen LogP contribution >= 0.6 is 0 Å². The van der Waals surface area contributed by atoms with Crippen LogP contribution in [0.5, 0.6) is 0 Å². The summed E-state index contributed by atoms with van der Waals surface area (Å²) in [4.78, 5) is 32.2. The molecule has 1 aromatic heterocycles. The number of benzene rings is 1. The summed E-state index contributed by atoms with van der Waals surface area (Å²) in [7, 11) is 1.13. The topological polar surface area (TPSA) is 100 Å². The van der Waals surface area contributed by atoms with Crippen LogP contribution in [0.3, 0.4) is 0 Å². The Morgan fingerprint density at radius 2 is 1.90 bits per heavy atom. The number of aromatic nitrogens is 3. The van der Waals surface area contributed by atoms with Crippen LogP contribution in [0.2, 0.25) is 0 Å². The second kappa shape index (κ2) is 4.64. The van der Waals surface area contributed by atoms with Gasteiger partial charge in [0.25, 0.3) is 5.56 Å². The average molecular weight is 284 g/mol. The Labute approximate surface area is 108 Å². The molecule has 0 saturated heterocycles. The lowest BCUT2D eigenvalue weighted by Crippen LogP contribution is -2.38. The lowest BCUT2D eigenvalue weighted by atomic mass is 10.2. The van der Waals surface area contributed by atoms with Crippen molar-refractivity contribution in [1.82, 2.24) is 14.3 Å². The molecule has 0 saturated carbocycles. The van der Waals surface area contributed by atoms with Crippen molar-refractivity contribution in [2.45, 2.75) is 0 Å². The Morgan fingerprint density at radius 1 is 1.25 bits per heavy atom. The van der Waals surface area contributed by atoms with Gasteiger partial charge in [-0.1, -0.05) is 0 Å². The fraction of sp³-hybridized carbons (Fsp3) is 0.100. The van der Waals surface area contributed by atoms with E-state index < -0.39 is 39.2 Å². The number of nitro benzene ring substituents is 1. The Balaban J connectivity index is 2.75. The first-order valence-corrected chi connectivity index (χ1v) is 5.12. The van der Waals surface area contributed by atoms with E-state index in [9.17, 15) is 28.5 Å². The van der Waals surface area contributed by atoms with E-state index in [4.69, 9.17) is 0 Å². The predicted octanol–water partition coefficient (Wildman–Crippen LogP) is 0.118. The highest BCUT2D eigenvalue weighted by Gasteiger charge is 2.20. The molecule has 0 spiro atoms. The molecule has 0 amide bonds. The molecule has 0 aliphatic heterocycles. The first-order chi connectivity index (χ1) is 9.32. The summed E-state index contributed by atoms with van der Waals surface area (Å²) in [5, 5.41) is 13.8. The highest BCUT2D eigenvalue weighted by atomic mass is 19.1. The van der Waals surface area contributed by atoms with E-state index in [1.165, 1.54) is 0 Å². The van der Waals surface area contributed by atoms with Crippen molar-refractivity contribution >= 4 is 5.69 Å². The zero-order valence-electron chi connectivity index (χ0n) is 9.91. The monoisotopic (exact) mass is 284 g/mol. The van der Waals surface area contributed by atoms with Crippen LogP contribution in [-0.2, 0) is 7.05 Å². The first kappa shape index (κ1) is 13.5. The number of nitro groups is 1. The molecule has 0 fully saturated rings. The maximum absolute atomic E-state index is 13.7. The quantitative estimate of drug-likeness (QED) is 0.576. The second-order valence-corrected chi connectivity index (χ2v) is 3.75. The molecule has 20 heavy (non-hydrogen) atoms. The molecule has 2 rings (SSSR count). The standard InChI is InChI=1S/C10H6F2N4O4/c1-14-9(17)4-13-15(10(14)18)7-2-6(12)8(16(19)20)3-5(7)11/h2-4H,1H3. The number of halogens is 2. The third kappa shape index (κ3) is 2.06. The first-order valence-electron chi connectivity index (χ1n) is 5.12. The van der Waals surface area contributed by atoms with Crippen LogP contribution in [0.4, 0.5) is 14.5 Å². The summed E-state index contributed by atoms with van der Waals surface area (Å²) in [5.74, 6) is -2.54. The van der Waals surface area contributed by atoms with E-state index in [2.05, 4.69) is 5.10 Å². The zero-order valence-corrected chi connectivity index (χ0v) is 9.91. The van der Waals surface area contributed by atoms with E-state index >= 15 is 0 Å². The summed E-state index contributed by atoms with van der Waals surface area (Å²) in [6, 6.07) is 0.802. The van der Waals surface area contributed by atoms with Crippen molar-refractivity contribution in [1.29, 1.82) is 0 Å². The van der Waals surface area contributed by atoms with Gasteiger partial charge in [-0.15, -0.1) is 0 Å². The van der Waals surface area contributed by atoms with E-state index in [-0.39, 0.29) is 0 Å². The van der Waals surface area contributed by atoms with Gasteiger partial charge in [0.2, 0.25) is 5.82 Å². The zero-order chi connectivity index (χ0) is 15.0. The Bertz CT molecular complexity index is 827. The van der Waals surface area contributed by atoms with Crippen LogP contribution in [0.1, 0.15) is 0 Å². The second-order valence-electron chi connectivity index (χ2n) is 3.75. The van der Waals surface area contributed by atoms with Crippen molar-refractivity contribution in [2.24, 2.45) is 7.05 Å². The van der Waals surface area contributed by atoms with E-state index in [1.54, 1.807) is 0 Å². The third-order valence-electron chi connectivity index (χ3n) is 2.52. The molecule has 2 aromatic rings. The van der Waals surface area contributed by atoms with Crippen molar-refractivity contribution in [3.8, 4) is 5.69 Å². The Kier molecular flexibility index (Phi) is 3.14. The number of hydrogen-bond donors (Lipinski definition) is 0. The minimum absolute atomic E-state index is 0.337. The van der Waals surface area contributed by atoms with E-state index in [0.29, 0.717) is 21.4 Å². The lowest BCUT2D eigenvalue weighted by molar-refractivity contribution is -0.387. The fourth-order valence-electron chi connectivity index (χ4n) is 1.47. The van der Waals surface area contributed by atoms with Crippen molar-refractivity contribution in [3.05, 3.63) is 60.9 Å². The average Bonchev–Trinajstić information content (AvgIpc) is 2.38. The Morgan fingerprint density at radius 3 is 2.50 bits per heavy atom. The highest BCUT2D eigenvalue weighted by molar-refractivity contribution is 5.43. The molecule has 1 aromatic carbocycles. The molecule has 10 heteroatoms. The lowest BCUT2D eigenvalue weighted by Gasteiger charge is -2.06. The molecule has 0 unspecified atom stereocenters. The minimum Gasteiger partial charge on any atom is -0.267 e. The van der Waals surface area contributed by atoms with Crippen LogP contribution in [0, 0.1) is 21.7 Å². The normalized spacial score (nSPS) is 10.6. The molecule has 0 aliphatic rings. The van der Waals surface area contributed by atoms with Crippen LogP contribution in [0.15, 0.2) is 27.9 Å². The largest absolute Gasteiger partial charge is 0.352 e. The van der Waals surface area contributed by atoms with Crippen molar-refractivity contribution < 1.29 is 13.7 Å². The highest BCUT2D eigenvalue weighted by Crippen LogP contribution is 2.22. The van der Waals surface area contributed by atoms with E-state index in [1.807, 2.05) is 0 Å². The molecule has 0 N–H and O–H groups in total. The van der Waals surface area contributed by atoms with Gasteiger partial charge in [0.05, 0.1) is 11.0 Å². The fourth-order valence-corrected chi connectivity index (χ4v) is 1.47. The Hall–Kier alpha value is -2.91. The molecule has 0 radical (unpaired) electrons. The molecule has 1 heterocycles. The van der Waals surface area contributed by atoms with Gasteiger partial charge < -0.3 is 0 Å². The molecule has 0 bridgehead atoms. The van der Waals surface area contributed by atoms with Gasteiger partial charge in [-0.05, 0) is 0 Å². The van der Waals surface area contributed by atoms with Gasteiger partial charge in [0, 0.05) is 13.1 Å². The summed E-state index contributed by atoms with van der Waals surface area (Å²) >= 11 is 0. The summed E-state index contributed by atoms with van der Waals surface area (Å²) in [5.41, 5.74) is -3.43. The summed E-state index contributed by atoms with van der Waals surface area (Å²) in [6.07, 6.45) is 0.736. The molecule has 104 valence electrons. The van der Waals surface area contributed by atoms with Gasteiger partial charge in [0.1, 0.15) is 11.9 Å². The predicted molar refractivity (Wildman–Crippen MR) is 61.6 cm³/mol. The molecule has 0 atom stereocenters. The SMILES string of the molecule is Cn1c(=O)cnn(-c2cc(F)c([N+](=O)[O-])cc2F)c1=O. The minimum atomic E-state index is -1.33. The van der Waals surface area contributed by atoms with Crippen molar-refractivity contribution in [3.63, 3.8) is 0 Å². The maximum atomic E-state index is 13.7. The maximum Gasteiger partial charge on any atom is 0.352 e. The van der Waals surface area contributed by atoms with Gasteiger partial charge >= 0.3 is 11.4 Å². The van der Waals surface area contributed by atoms with Gasteiger partial charge in [-0.25, -0.2) is 9.18 Å².